The fourth-order valence-electron chi connectivity index (χ4n) is 1.90. The first kappa shape index (κ1) is 15.2. The van der Waals surface area contributed by atoms with Gasteiger partial charge in [-0.1, -0.05) is 37.0 Å². The number of nitrogens with zero attached hydrogens (tertiary/aromatic N) is 2. The molecule has 20 heavy (non-hydrogen) atoms. The molecule has 0 bridgehead atoms. The lowest BCUT2D eigenvalue weighted by Crippen LogP contribution is -2.05. The van der Waals surface area contributed by atoms with Gasteiger partial charge in [-0.15, -0.1) is 0 Å². The van der Waals surface area contributed by atoms with Crippen molar-refractivity contribution in [3.8, 4) is 17.1 Å². The Balaban J connectivity index is 2.35. The van der Waals surface area contributed by atoms with Crippen LogP contribution in [-0.4, -0.2) is 16.2 Å². The average Bonchev–Trinajstić information content (AvgIpc) is 2.85. The monoisotopic (exact) mass is 312 g/mol. The van der Waals surface area contributed by atoms with Gasteiger partial charge in [-0.2, -0.15) is 0 Å². The molecule has 108 valence electrons. The van der Waals surface area contributed by atoms with Crippen LogP contribution in [0.3, 0.4) is 0 Å². The van der Waals surface area contributed by atoms with E-state index in [0.717, 1.165) is 17.9 Å². The number of ether oxygens (including phenoxy) is 1. The summed E-state index contributed by atoms with van der Waals surface area (Å²) in [7, 11) is 0. The second-order valence-corrected chi connectivity index (χ2v) is 5.83. The van der Waals surface area contributed by atoms with Crippen molar-refractivity contribution in [2.75, 3.05) is 6.61 Å². The first-order chi connectivity index (χ1) is 9.52. The number of benzene rings is 1. The van der Waals surface area contributed by atoms with Gasteiger partial charge in [-0.25, -0.2) is 4.98 Å². The zero-order chi connectivity index (χ0) is 14.7. The second-order valence-electron chi connectivity index (χ2n) is 5.01. The number of hydrogen-bond donors (Lipinski definition) is 0. The molecule has 1 heterocycles. The molecule has 1 aromatic carbocycles. The van der Waals surface area contributed by atoms with E-state index in [1.165, 1.54) is 0 Å². The van der Waals surface area contributed by atoms with Gasteiger partial charge in [-0.05, 0) is 25.0 Å². The zero-order valence-electron chi connectivity index (χ0n) is 11.9. The maximum absolute atomic E-state index is 6.28. The summed E-state index contributed by atoms with van der Waals surface area (Å²) in [5.74, 6) is 1.81. The van der Waals surface area contributed by atoms with Crippen LogP contribution in [0.1, 0.15) is 20.8 Å². The van der Waals surface area contributed by atoms with Crippen LogP contribution < -0.4 is 4.74 Å². The van der Waals surface area contributed by atoms with E-state index < -0.39 is 0 Å². The van der Waals surface area contributed by atoms with Crippen LogP contribution in [0.25, 0.3) is 11.4 Å². The standard InChI is InChI=1S/C15H18Cl2N2O/c1-4-19-6-5-18-15(19)11-7-12(16)14(13(17)8-11)20-9-10(2)3/h5-8,10H,4,9H2,1-3H3. The highest BCUT2D eigenvalue weighted by Gasteiger charge is 2.14. The molecule has 2 aromatic rings. The maximum atomic E-state index is 6.28. The highest BCUT2D eigenvalue weighted by molar-refractivity contribution is 6.37. The largest absolute Gasteiger partial charge is 0.490 e. The van der Waals surface area contributed by atoms with Crippen molar-refractivity contribution >= 4 is 23.2 Å². The van der Waals surface area contributed by atoms with E-state index in [9.17, 15) is 0 Å². The molecule has 0 N–H and O–H groups in total. The molecule has 0 atom stereocenters. The molecule has 0 radical (unpaired) electrons. The predicted octanol–water partition coefficient (Wildman–Crippen LogP) is 4.91. The third-order valence-electron chi connectivity index (χ3n) is 2.87. The number of hydrogen-bond acceptors (Lipinski definition) is 2. The molecule has 5 heteroatoms. The van der Waals surface area contributed by atoms with Crippen LogP contribution in [0, 0.1) is 5.92 Å². The molecule has 0 saturated heterocycles. The summed E-state index contributed by atoms with van der Waals surface area (Å²) < 4.78 is 7.71. The summed E-state index contributed by atoms with van der Waals surface area (Å²) in [6.45, 7) is 7.65. The topological polar surface area (TPSA) is 27.1 Å². The Hall–Kier alpha value is -1.19. The Morgan fingerprint density at radius 1 is 1.25 bits per heavy atom. The van der Waals surface area contributed by atoms with E-state index in [1.54, 1.807) is 6.20 Å². The van der Waals surface area contributed by atoms with E-state index >= 15 is 0 Å². The van der Waals surface area contributed by atoms with Crippen LogP contribution >= 0.6 is 23.2 Å². The summed E-state index contributed by atoms with van der Waals surface area (Å²) in [6, 6.07) is 3.69. The van der Waals surface area contributed by atoms with Crippen molar-refractivity contribution in [3.05, 3.63) is 34.6 Å². The Kier molecular flexibility index (Phi) is 4.95. The van der Waals surface area contributed by atoms with Crippen molar-refractivity contribution < 1.29 is 4.74 Å². The quantitative estimate of drug-likeness (QED) is 0.784. The summed E-state index contributed by atoms with van der Waals surface area (Å²) in [4.78, 5) is 4.35. The summed E-state index contributed by atoms with van der Waals surface area (Å²) in [5, 5.41) is 1.03. The van der Waals surface area contributed by atoms with Gasteiger partial charge >= 0.3 is 0 Å². The van der Waals surface area contributed by atoms with Gasteiger partial charge < -0.3 is 9.30 Å². The summed E-state index contributed by atoms with van der Waals surface area (Å²) in [5.41, 5.74) is 0.892. The van der Waals surface area contributed by atoms with E-state index in [4.69, 9.17) is 27.9 Å². The Morgan fingerprint density at radius 2 is 1.90 bits per heavy atom. The molecule has 0 unspecified atom stereocenters. The molecule has 2 rings (SSSR count). The van der Waals surface area contributed by atoms with Gasteiger partial charge in [0.15, 0.2) is 5.75 Å². The molecule has 0 aliphatic carbocycles. The lowest BCUT2D eigenvalue weighted by Gasteiger charge is -2.13. The first-order valence-electron chi connectivity index (χ1n) is 6.66. The van der Waals surface area contributed by atoms with Gasteiger partial charge in [0.1, 0.15) is 5.82 Å². The number of rotatable bonds is 5. The Labute approximate surface area is 129 Å². The Bertz CT molecular complexity index is 570. The molecule has 0 spiro atoms. The van der Waals surface area contributed by atoms with Gasteiger partial charge in [0.25, 0.3) is 0 Å². The number of halogens is 2. The lowest BCUT2D eigenvalue weighted by atomic mass is 10.2. The van der Waals surface area contributed by atoms with Crippen LogP contribution in [-0.2, 0) is 6.54 Å². The maximum Gasteiger partial charge on any atom is 0.156 e. The molecule has 0 amide bonds. The molecule has 3 nitrogen and oxygen atoms in total. The zero-order valence-corrected chi connectivity index (χ0v) is 13.4. The van der Waals surface area contributed by atoms with Crippen LogP contribution in [0.5, 0.6) is 5.75 Å². The Morgan fingerprint density at radius 3 is 2.45 bits per heavy atom. The normalized spacial score (nSPS) is 11.1. The number of aromatic nitrogens is 2. The third kappa shape index (κ3) is 3.28. The SMILES string of the molecule is CCn1ccnc1-c1cc(Cl)c(OCC(C)C)c(Cl)c1. The fourth-order valence-corrected chi connectivity index (χ4v) is 2.50. The highest BCUT2D eigenvalue weighted by atomic mass is 35.5. The summed E-state index contributed by atoms with van der Waals surface area (Å²) >= 11 is 12.6. The van der Waals surface area contributed by atoms with E-state index in [0.29, 0.717) is 28.3 Å². The molecule has 0 saturated carbocycles. The average molecular weight is 313 g/mol. The number of imidazole rings is 1. The minimum Gasteiger partial charge on any atom is -0.490 e. The smallest absolute Gasteiger partial charge is 0.156 e. The van der Waals surface area contributed by atoms with Crippen LogP contribution in [0.2, 0.25) is 10.0 Å². The van der Waals surface area contributed by atoms with Crippen LogP contribution in [0.15, 0.2) is 24.5 Å². The molecular formula is C15H18Cl2N2O. The van der Waals surface area contributed by atoms with E-state index in [-0.39, 0.29) is 0 Å². The summed E-state index contributed by atoms with van der Waals surface area (Å²) in [6.07, 6.45) is 3.70. The molecule has 0 aliphatic rings. The van der Waals surface area contributed by atoms with Crippen molar-refractivity contribution in [2.45, 2.75) is 27.3 Å². The first-order valence-corrected chi connectivity index (χ1v) is 7.41. The molecule has 0 aliphatic heterocycles. The van der Waals surface area contributed by atoms with Crippen molar-refractivity contribution in [1.82, 2.24) is 9.55 Å². The van der Waals surface area contributed by atoms with E-state index in [2.05, 4.69) is 25.8 Å². The molecule has 0 fully saturated rings. The van der Waals surface area contributed by atoms with Gasteiger partial charge in [-0.3, -0.25) is 0 Å². The fraction of sp³-hybridized carbons (Fsp3) is 0.400. The minimum atomic E-state index is 0.417. The van der Waals surface area contributed by atoms with Crippen molar-refractivity contribution in [3.63, 3.8) is 0 Å². The minimum absolute atomic E-state index is 0.417. The highest BCUT2D eigenvalue weighted by Crippen LogP contribution is 2.37. The third-order valence-corrected chi connectivity index (χ3v) is 3.44. The lowest BCUT2D eigenvalue weighted by molar-refractivity contribution is 0.271. The van der Waals surface area contributed by atoms with Gasteiger partial charge in [0, 0.05) is 24.5 Å². The second kappa shape index (κ2) is 6.51. The predicted molar refractivity (Wildman–Crippen MR) is 83.7 cm³/mol. The van der Waals surface area contributed by atoms with Crippen molar-refractivity contribution in [2.24, 2.45) is 5.92 Å². The van der Waals surface area contributed by atoms with Crippen LogP contribution in [0.4, 0.5) is 0 Å². The van der Waals surface area contributed by atoms with Gasteiger partial charge in [0.05, 0.1) is 16.7 Å². The number of aryl methyl sites for hydroxylation is 1. The molecular weight excluding hydrogens is 295 g/mol. The molecule has 1 aromatic heterocycles. The van der Waals surface area contributed by atoms with Gasteiger partial charge in [0.2, 0.25) is 0 Å². The van der Waals surface area contributed by atoms with Crippen molar-refractivity contribution in [1.29, 1.82) is 0 Å². The van der Waals surface area contributed by atoms with E-state index in [1.807, 2.05) is 22.9 Å².